The number of rotatable bonds is 3. The molecule has 0 aliphatic carbocycles. The van der Waals surface area contributed by atoms with Crippen LogP contribution >= 0.6 is 0 Å². The average Bonchev–Trinajstić information content (AvgIpc) is 3.34. The van der Waals surface area contributed by atoms with E-state index in [1.807, 2.05) is 22.9 Å². The van der Waals surface area contributed by atoms with E-state index in [2.05, 4.69) is 45.1 Å². The largest absolute Gasteiger partial charge is 0.424 e. The maximum absolute atomic E-state index is 6.26. The Labute approximate surface area is 183 Å². The Kier molecular flexibility index (Phi) is 4.12. The first-order chi connectivity index (χ1) is 15.5. The molecule has 6 rings (SSSR count). The second-order valence-electron chi connectivity index (χ2n) is 8.29. The topological polar surface area (TPSA) is 125 Å². The maximum Gasteiger partial charge on any atom is 0.292 e. The van der Waals surface area contributed by atoms with Crippen molar-refractivity contribution in [3.8, 4) is 11.3 Å². The summed E-state index contributed by atoms with van der Waals surface area (Å²) in [6.45, 7) is 2.66. The van der Waals surface area contributed by atoms with Crippen LogP contribution in [0.2, 0.25) is 0 Å². The van der Waals surface area contributed by atoms with E-state index in [-0.39, 0.29) is 6.01 Å². The van der Waals surface area contributed by atoms with Crippen molar-refractivity contribution in [1.29, 1.82) is 0 Å². The standard InChI is InChI=1S/C23H22N8O/c1-30-7-6-14-8-13(2-3-16(14)11-30)10-31-22-19(21(24)26-12-27-22)20(29-31)15-4-5-18-17(9-15)28-23(25)32-18/h2-5,8-9,12H,6-7,10-11H2,1H3,(H2,25,28)(H2,24,26,27). The van der Waals surface area contributed by atoms with Crippen molar-refractivity contribution < 1.29 is 4.42 Å². The Hall–Kier alpha value is -3.98. The molecule has 0 unspecified atom stereocenters. The quantitative estimate of drug-likeness (QED) is 0.451. The fraction of sp³-hybridized carbons (Fsp3) is 0.217. The lowest BCUT2D eigenvalue weighted by Gasteiger charge is -2.25. The number of nitrogen functional groups attached to an aromatic ring is 2. The second kappa shape index (κ2) is 7.03. The van der Waals surface area contributed by atoms with Crippen molar-refractivity contribution >= 4 is 34.0 Å². The zero-order valence-corrected chi connectivity index (χ0v) is 17.6. The van der Waals surface area contributed by atoms with E-state index < -0.39 is 0 Å². The van der Waals surface area contributed by atoms with Gasteiger partial charge in [0.15, 0.2) is 11.2 Å². The number of nitrogens with zero attached hydrogens (tertiary/aromatic N) is 6. The summed E-state index contributed by atoms with van der Waals surface area (Å²) in [5, 5.41) is 5.61. The van der Waals surface area contributed by atoms with E-state index in [1.54, 1.807) is 0 Å². The molecule has 160 valence electrons. The van der Waals surface area contributed by atoms with E-state index in [9.17, 15) is 0 Å². The predicted octanol–water partition coefficient (Wildman–Crippen LogP) is 2.84. The summed E-state index contributed by atoms with van der Waals surface area (Å²) < 4.78 is 7.28. The molecule has 3 aromatic heterocycles. The summed E-state index contributed by atoms with van der Waals surface area (Å²) in [5.41, 5.74) is 19.5. The summed E-state index contributed by atoms with van der Waals surface area (Å²) >= 11 is 0. The first kappa shape index (κ1) is 18.8. The SMILES string of the molecule is CN1CCc2cc(Cn3nc(-c4ccc5oc(N)nc5c4)c4c(N)ncnc43)ccc2C1. The highest BCUT2D eigenvalue weighted by molar-refractivity contribution is 5.99. The van der Waals surface area contributed by atoms with Crippen LogP contribution in [0.5, 0.6) is 0 Å². The van der Waals surface area contributed by atoms with Gasteiger partial charge in [0.25, 0.3) is 6.01 Å². The van der Waals surface area contributed by atoms with Crippen LogP contribution in [0.1, 0.15) is 16.7 Å². The number of fused-ring (bicyclic) bond motifs is 3. The highest BCUT2D eigenvalue weighted by Gasteiger charge is 2.19. The van der Waals surface area contributed by atoms with Gasteiger partial charge in [-0.2, -0.15) is 10.1 Å². The van der Waals surface area contributed by atoms with Crippen LogP contribution in [0, 0.1) is 0 Å². The van der Waals surface area contributed by atoms with Gasteiger partial charge in [-0.05, 0) is 48.4 Å². The molecule has 0 amide bonds. The fourth-order valence-electron chi connectivity index (χ4n) is 4.45. The average molecular weight is 426 g/mol. The van der Waals surface area contributed by atoms with Crippen molar-refractivity contribution in [2.45, 2.75) is 19.5 Å². The lowest BCUT2D eigenvalue weighted by atomic mass is 9.97. The van der Waals surface area contributed by atoms with Crippen molar-refractivity contribution in [2.24, 2.45) is 0 Å². The normalized spacial score (nSPS) is 14.3. The van der Waals surface area contributed by atoms with Gasteiger partial charge < -0.3 is 20.8 Å². The lowest BCUT2D eigenvalue weighted by molar-refractivity contribution is 0.313. The van der Waals surface area contributed by atoms with E-state index in [4.69, 9.17) is 21.0 Å². The Morgan fingerprint density at radius 3 is 2.88 bits per heavy atom. The number of likely N-dealkylation sites (N-methyl/N-ethyl adjacent to an activating group) is 1. The van der Waals surface area contributed by atoms with Crippen LogP contribution in [-0.4, -0.2) is 43.2 Å². The Bertz CT molecular complexity index is 1480. The molecular weight excluding hydrogens is 404 g/mol. The molecule has 0 spiro atoms. The summed E-state index contributed by atoms with van der Waals surface area (Å²) in [6.07, 6.45) is 2.53. The Morgan fingerprint density at radius 2 is 1.97 bits per heavy atom. The first-order valence-corrected chi connectivity index (χ1v) is 10.5. The minimum Gasteiger partial charge on any atom is -0.424 e. The van der Waals surface area contributed by atoms with E-state index in [0.717, 1.165) is 30.5 Å². The second-order valence-corrected chi connectivity index (χ2v) is 8.29. The fourth-order valence-corrected chi connectivity index (χ4v) is 4.45. The summed E-state index contributed by atoms with van der Waals surface area (Å²) in [5.74, 6) is 0.393. The minimum atomic E-state index is 0.133. The van der Waals surface area contributed by atoms with Crippen LogP contribution in [-0.2, 0) is 19.5 Å². The Morgan fingerprint density at radius 1 is 1.06 bits per heavy atom. The third-order valence-corrected chi connectivity index (χ3v) is 6.04. The molecule has 0 fully saturated rings. The highest BCUT2D eigenvalue weighted by Crippen LogP contribution is 2.32. The first-order valence-electron chi connectivity index (χ1n) is 10.5. The van der Waals surface area contributed by atoms with Crippen molar-refractivity contribution in [3.05, 3.63) is 59.4 Å². The van der Waals surface area contributed by atoms with Gasteiger partial charge >= 0.3 is 0 Å². The van der Waals surface area contributed by atoms with Crippen LogP contribution in [0.15, 0.2) is 47.1 Å². The molecule has 0 saturated heterocycles. The molecule has 0 radical (unpaired) electrons. The molecule has 1 aliphatic heterocycles. The van der Waals surface area contributed by atoms with Crippen molar-refractivity contribution in [2.75, 3.05) is 25.1 Å². The van der Waals surface area contributed by atoms with Crippen molar-refractivity contribution in [3.63, 3.8) is 0 Å². The Balaban J connectivity index is 1.45. The van der Waals surface area contributed by atoms with Gasteiger partial charge in [-0.3, -0.25) is 0 Å². The van der Waals surface area contributed by atoms with Gasteiger partial charge in [-0.25, -0.2) is 14.6 Å². The highest BCUT2D eigenvalue weighted by atomic mass is 16.4. The molecule has 9 nitrogen and oxygen atoms in total. The molecule has 0 saturated carbocycles. The van der Waals surface area contributed by atoms with Crippen LogP contribution in [0.25, 0.3) is 33.4 Å². The molecule has 9 heteroatoms. The van der Waals surface area contributed by atoms with Gasteiger partial charge in [0, 0.05) is 18.7 Å². The van der Waals surface area contributed by atoms with E-state index in [0.29, 0.717) is 34.8 Å². The number of aromatic nitrogens is 5. The minimum absolute atomic E-state index is 0.133. The molecule has 4 heterocycles. The maximum atomic E-state index is 6.26. The van der Waals surface area contributed by atoms with Gasteiger partial charge in [-0.15, -0.1) is 0 Å². The third kappa shape index (κ3) is 3.05. The molecule has 32 heavy (non-hydrogen) atoms. The van der Waals surface area contributed by atoms with Gasteiger partial charge in [0.1, 0.15) is 23.4 Å². The molecule has 1 aliphatic rings. The summed E-state index contributed by atoms with van der Waals surface area (Å²) in [4.78, 5) is 15.3. The van der Waals surface area contributed by atoms with Crippen LogP contribution in [0.3, 0.4) is 0 Å². The monoisotopic (exact) mass is 426 g/mol. The third-order valence-electron chi connectivity index (χ3n) is 6.04. The van der Waals surface area contributed by atoms with Gasteiger partial charge in [0.05, 0.1) is 11.9 Å². The number of anilines is 2. The molecule has 5 aromatic rings. The predicted molar refractivity (Wildman–Crippen MR) is 123 cm³/mol. The zero-order chi connectivity index (χ0) is 21.8. The van der Waals surface area contributed by atoms with Gasteiger partial charge in [0.2, 0.25) is 0 Å². The van der Waals surface area contributed by atoms with E-state index >= 15 is 0 Å². The molecule has 2 aromatic carbocycles. The van der Waals surface area contributed by atoms with Crippen molar-refractivity contribution in [1.82, 2.24) is 29.6 Å². The summed E-state index contributed by atoms with van der Waals surface area (Å²) in [6, 6.07) is 12.4. The lowest BCUT2D eigenvalue weighted by Crippen LogP contribution is -2.26. The molecule has 4 N–H and O–H groups in total. The van der Waals surface area contributed by atoms with E-state index in [1.165, 1.54) is 23.0 Å². The molecule has 0 atom stereocenters. The number of hydrogen-bond donors (Lipinski definition) is 2. The zero-order valence-electron chi connectivity index (χ0n) is 17.6. The number of hydrogen-bond acceptors (Lipinski definition) is 8. The van der Waals surface area contributed by atoms with Crippen LogP contribution in [0.4, 0.5) is 11.8 Å². The summed E-state index contributed by atoms with van der Waals surface area (Å²) in [7, 11) is 2.16. The number of benzene rings is 2. The van der Waals surface area contributed by atoms with Gasteiger partial charge in [-0.1, -0.05) is 18.2 Å². The van der Waals surface area contributed by atoms with Crippen LogP contribution < -0.4 is 11.5 Å². The number of oxazole rings is 1. The molecule has 0 bridgehead atoms. The number of nitrogens with two attached hydrogens (primary N) is 2. The molecular formula is C23H22N8O. The smallest absolute Gasteiger partial charge is 0.292 e.